The molecule has 3 aliphatic carbocycles. The Morgan fingerprint density at radius 1 is 0.939 bits per heavy atom. The Balaban J connectivity index is 1.37. The Labute approximate surface area is 193 Å². The first-order valence-electron chi connectivity index (χ1n) is 12.5. The van der Waals surface area contributed by atoms with Gasteiger partial charge in [0.1, 0.15) is 5.75 Å². The maximum Gasteiger partial charge on any atom is 0.387 e. The monoisotopic (exact) mass is 470 g/mol. The number of rotatable bonds is 6. The molecule has 1 aromatic carbocycles. The average molecular weight is 471 g/mol. The second kappa shape index (κ2) is 10.6. The zero-order valence-electron chi connectivity index (χ0n) is 19.2. The third kappa shape index (κ3) is 5.65. The van der Waals surface area contributed by atoms with Gasteiger partial charge in [0, 0.05) is 12.1 Å². The zero-order chi connectivity index (χ0) is 23.5. The molecule has 4 unspecified atom stereocenters. The topological polar surface area (TPSA) is 35.5 Å². The molecule has 0 aromatic heterocycles. The van der Waals surface area contributed by atoms with Crippen LogP contribution in [0.25, 0.3) is 0 Å². The molecule has 0 amide bonds. The molecule has 3 nitrogen and oxygen atoms in total. The maximum atomic E-state index is 14.0. The summed E-state index contributed by atoms with van der Waals surface area (Å²) in [5, 5.41) is 0. The molecule has 184 valence electrons. The van der Waals surface area contributed by atoms with E-state index in [1.165, 1.54) is 38.5 Å². The van der Waals surface area contributed by atoms with Gasteiger partial charge in [-0.05, 0) is 68.1 Å². The molecule has 7 heteroatoms. The van der Waals surface area contributed by atoms with Crippen molar-refractivity contribution >= 4 is 5.97 Å². The molecule has 3 aliphatic rings. The quantitative estimate of drug-likeness (QED) is 0.245. The number of hydrogen-bond acceptors (Lipinski definition) is 3. The van der Waals surface area contributed by atoms with E-state index in [1.54, 1.807) is 0 Å². The van der Waals surface area contributed by atoms with Crippen LogP contribution in [0.15, 0.2) is 12.1 Å². The molecule has 3 fully saturated rings. The van der Waals surface area contributed by atoms with E-state index in [1.807, 2.05) is 0 Å². The van der Waals surface area contributed by atoms with Gasteiger partial charge in [0.2, 0.25) is 0 Å². The lowest BCUT2D eigenvalue weighted by atomic mass is 9.59. The number of halogens is 4. The first-order valence-corrected chi connectivity index (χ1v) is 12.5. The molecule has 0 heterocycles. The van der Waals surface area contributed by atoms with Crippen molar-refractivity contribution in [3.8, 4) is 11.5 Å². The van der Waals surface area contributed by atoms with E-state index in [4.69, 9.17) is 4.74 Å². The SMILES string of the molecule is CCC1CCC(C2CCC3C(CCCC3C(=O)Oc3cc(F)c(OC(F)F)c(F)c3)C2)CC1. The highest BCUT2D eigenvalue weighted by Gasteiger charge is 2.43. The van der Waals surface area contributed by atoms with Crippen molar-refractivity contribution in [2.75, 3.05) is 0 Å². The van der Waals surface area contributed by atoms with Crippen molar-refractivity contribution in [3.63, 3.8) is 0 Å². The van der Waals surface area contributed by atoms with E-state index in [-0.39, 0.29) is 17.6 Å². The summed E-state index contributed by atoms with van der Waals surface area (Å²) in [6.07, 6.45) is 12.7. The van der Waals surface area contributed by atoms with Crippen molar-refractivity contribution in [2.45, 2.75) is 84.2 Å². The summed E-state index contributed by atoms with van der Waals surface area (Å²) in [5.74, 6) is -1.73. The Hall–Kier alpha value is -1.79. The van der Waals surface area contributed by atoms with Gasteiger partial charge >= 0.3 is 12.6 Å². The molecule has 4 atom stereocenters. The molecular formula is C26H34F4O3. The minimum Gasteiger partial charge on any atom is -0.429 e. The highest BCUT2D eigenvalue weighted by Crippen LogP contribution is 2.50. The van der Waals surface area contributed by atoms with Crippen LogP contribution in [-0.4, -0.2) is 12.6 Å². The van der Waals surface area contributed by atoms with Crippen molar-refractivity contribution in [1.82, 2.24) is 0 Å². The second-order valence-electron chi connectivity index (χ2n) is 10.2. The summed E-state index contributed by atoms with van der Waals surface area (Å²) < 4.78 is 61.9. The number of alkyl halides is 2. The lowest BCUT2D eigenvalue weighted by Gasteiger charge is -2.46. The molecular weight excluding hydrogens is 436 g/mol. The van der Waals surface area contributed by atoms with Gasteiger partial charge in [0.05, 0.1) is 5.92 Å². The predicted molar refractivity (Wildman–Crippen MR) is 116 cm³/mol. The summed E-state index contributed by atoms with van der Waals surface area (Å²) in [6, 6.07) is 1.45. The number of ether oxygens (including phenoxy) is 2. The fraction of sp³-hybridized carbons (Fsp3) is 0.731. The van der Waals surface area contributed by atoms with Gasteiger partial charge < -0.3 is 9.47 Å². The Morgan fingerprint density at radius 2 is 1.61 bits per heavy atom. The predicted octanol–water partition coefficient (Wildman–Crippen LogP) is 7.52. The molecule has 0 spiro atoms. The Kier molecular flexibility index (Phi) is 7.85. The van der Waals surface area contributed by atoms with Crippen molar-refractivity contribution in [1.29, 1.82) is 0 Å². The molecule has 33 heavy (non-hydrogen) atoms. The summed E-state index contributed by atoms with van der Waals surface area (Å²) in [4.78, 5) is 12.9. The van der Waals surface area contributed by atoms with Crippen LogP contribution in [0.3, 0.4) is 0 Å². The zero-order valence-corrected chi connectivity index (χ0v) is 19.2. The van der Waals surface area contributed by atoms with Crippen LogP contribution >= 0.6 is 0 Å². The minimum absolute atomic E-state index is 0.241. The lowest BCUT2D eigenvalue weighted by molar-refractivity contribution is -0.144. The van der Waals surface area contributed by atoms with Crippen LogP contribution in [0.2, 0.25) is 0 Å². The highest BCUT2D eigenvalue weighted by atomic mass is 19.3. The molecule has 0 bridgehead atoms. The van der Waals surface area contributed by atoms with Crippen molar-refractivity contribution in [2.24, 2.45) is 35.5 Å². The van der Waals surface area contributed by atoms with E-state index in [0.29, 0.717) is 12.3 Å². The number of benzene rings is 1. The van der Waals surface area contributed by atoms with Crippen LogP contribution in [0.1, 0.15) is 77.6 Å². The standard InChI is InChI=1S/C26H34F4O3/c1-2-15-6-8-16(9-7-15)17-10-11-20-18(12-17)4-3-5-21(20)25(31)32-19-13-22(27)24(23(28)14-19)33-26(29)30/h13-18,20-21,26H,2-12H2,1H3. The summed E-state index contributed by atoms with van der Waals surface area (Å²) >= 11 is 0. The third-order valence-corrected chi connectivity index (χ3v) is 8.52. The van der Waals surface area contributed by atoms with Gasteiger partial charge in [-0.1, -0.05) is 39.0 Å². The van der Waals surface area contributed by atoms with Gasteiger partial charge in [0.15, 0.2) is 17.4 Å². The first-order chi connectivity index (χ1) is 15.9. The fourth-order valence-electron chi connectivity index (χ4n) is 6.78. The van der Waals surface area contributed by atoms with Gasteiger partial charge in [-0.25, -0.2) is 8.78 Å². The van der Waals surface area contributed by atoms with Gasteiger partial charge in [-0.15, -0.1) is 0 Å². The van der Waals surface area contributed by atoms with Gasteiger partial charge in [-0.3, -0.25) is 4.79 Å². The summed E-state index contributed by atoms with van der Waals surface area (Å²) in [5.41, 5.74) is 0. The molecule has 0 N–H and O–H groups in total. The van der Waals surface area contributed by atoms with Crippen molar-refractivity contribution < 1.29 is 31.8 Å². The minimum atomic E-state index is -3.35. The fourth-order valence-corrected chi connectivity index (χ4v) is 6.78. The van der Waals surface area contributed by atoms with E-state index in [9.17, 15) is 22.4 Å². The molecule has 4 rings (SSSR count). The smallest absolute Gasteiger partial charge is 0.387 e. The lowest BCUT2D eigenvalue weighted by Crippen LogP contribution is -2.40. The average Bonchev–Trinajstić information content (AvgIpc) is 2.80. The molecule has 1 aromatic rings. The van der Waals surface area contributed by atoms with Crippen LogP contribution in [0.4, 0.5) is 17.6 Å². The number of carbonyl (C=O) groups excluding carboxylic acids is 1. The van der Waals surface area contributed by atoms with E-state index in [0.717, 1.165) is 55.6 Å². The Morgan fingerprint density at radius 3 is 2.24 bits per heavy atom. The number of esters is 1. The number of carbonyl (C=O) groups is 1. The van der Waals surface area contributed by atoms with Gasteiger partial charge in [-0.2, -0.15) is 8.78 Å². The van der Waals surface area contributed by atoms with Crippen LogP contribution < -0.4 is 9.47 Å². The van der Waals surface area contributed by atoms with E-state index >= 15 is 0 Å². The largest absolute Gasteiger partial charge is 0.429 e. The highest BCUT2D eigenvalue weighted by molar-refractivity contribution is 5.75. The summed E-state index contributed by atoms with van der Waals surface area (Å²) in [6.45, 7) is -1.07. The van der Waals surface area contributed by atoms with E-state index < -0.39 is 30.0 Å². The van der Waals surface area contributed by atoms with Crippen LogP contribution in [0.5, 0.6) is 11.5 Å². The molecule has 0 saturated heterocycles. The number of fused-ring (bicyclic) bond motifs is 1. The normalized spacial score (nSPS) is 32.3. The number of hydrogen-bond donors (Lipinski definition) is 0. The van der Waals surface area contributed by atoms with E-state index in [2.05, 4.69) is 11.7 Å². The molecule has 0 radical (unpaired) electrons. The molecule has 0 aliphatic heterocycles. The Bertz CT molecular complexity index is 799. The van der Waals surface area contributed by atoms with Crippen LogP contribution in [-0.2, 0) is 4.79 Å². The third-order valence-electron chi connectivity index (χ3n) is 8.52. The first kappa shape index (κ1) is 24.3. The molecule has 3 saturated carbocycles. The second-order valence-corrected chi connectivity index (χ2v) is 10.2. The summed E-state index contributed by atoms with van der Waals surface area (Å²) in [7, 11) is 0. The van der Waals surface area contributed by atoms with Crippen LogP contribution in [0, 0.1) is 47.1 Å². The van der Waals surface area contributed by atoms with Gasteiger partial charge in [0.25, 0.3) is 0 Å². The maximum absolute atomic E-state index is 14.0. The van der Waals surface area contributed by atoms with Crippen molar-refractivity contribution in [3.05, 3.63) is 23.8 Å².